The molecule has 8 nitrogen and oxygen atoms in total. The maximum absolute atomic E-state index is 12.2. The summed E-state index contributed by atoms with van der Waals surface area (Å²) in [4.78, 5) is 30.2. The van der Waals surface area contributed by atoms with Gasteiger partial charge in [-0.15, -0.1) is 0 Å². The molecule has 0 spiro atoms. The van der Waals surface area contributed by atoms with Gasteiger partial charge in [0.1, 0.15) is 0 Å². The molecule has 1 aromatic heterocycles. The van der Waals surface area contributed by atoms with E-state index in [1.54, 1.807) is 6.92 Å². The lowest BCUT2D eigenvalue weighted by Crippen LogP contribution is -2.52. The zero-order valence-electron chi connectivity index (χ0n) is 14.8. The fourth-order valence-electron chi connectivity index (χ4n) is 2.85. The van der Waals surface area contributed by atoms with Crippen LogP contribution >= 0.6 is 0 Å². The molecule has 0 saturated carbocycles. The molecule has 2 amide bonds. The van der Waals surface area contributed by atoms with E-state index in [1.807, 2.05) is 20.8 Å². The van der Waals surface area contributed by atoms with E-state index in [-0.39, 0.29) is 29.7 Å². The summed E-state index contributed by atoms with van der Waals surface area (Å²) >= 11 is 0. The number of amides is 2. The van der Waals surface area contributed by atoms with Crippen LogP contribution in [0.15, 0.2) is 4.52 Å². The first-order valence-electron chi connectivity index (χ1n) is 8.49. The number of piperidine rings is 1. The standard InChI is InChI=1S/C16H27N5O3/c1-10(2)9-14(22)18-19-16(23)11(3)21-7-5-13(6-8-21)15-17-12(4)24-20-15/h10-11,13H,5-9H2,1-4H3,(H,18,22)(H,19,23). The van der Waals surface area contributed by atoms with Gasteiger partial charge in [0.05, 0.1) is 6.04 Å². The Morgan fingerprint density at radius 1 is 1.25 bits per heavy atom. The number of hydrazine groups is 1. The summed E-state index contributed by atoms with van der Waals surface area (Å²) in [7, 11) is 0. The molecule has 1 aliphatic heterocycles. The van der Waals surface area contributed by atoms with Gasteiger partial charge in [0.2, 0.25) is 11.8 Å². The Labute approximate surface area is 142 Å². The maximum Gasteiger partial charge on any atom is 0.255 e. The van der Waals surface area contributed by atoms with Crippen molar-refractivity contribution >= 4 is 11.8 Å². The van der Waals surface area contributed by atoms with E-state index in [4.69, 9.17) is 4.52 Å². The summed E-state index contributed by atoms with van der Waals surface area (Å²) < 4.78 is 5.03. The molecule has 0 bridgehead atoms. The first-order chi connectivity index (χ1) is 11.4. The van der Waals surface area contributed by atoms with Crippen LogP contribution in [0.4, 0.5) is 0 Å². The number of carbonyl (C=O) groups is 2. The molecule has 8 heteroatoms. The topological polar surface area (TPSA) is 100 Å². The minimum atomic E-state index is -0.294. The summed E-state index contributed by atoms with van der Waals surface area (Å²) in [6.07, 6.45) is 2.16. The number of hydrogen-bond donors (Lipinski definition) is 2. The number of likely N-dealkylation sites (tertiary alicyclic amines) is 1. The van der Waals surface area contributed by atoms with Gasteiger partial charge in [-0.05, 0) is 38.8 Å². The number of rotatable bonds is 5. The summed E-state index contributed by atoms with van der Waals surface area (Å²) in [6.45, 7) is 9.12. The van der Waals surface area contributed by atoms with Crippen LogP contribution in [0.5, 0.6) is 0 Å². The lowest BCUT2D eigenvalue weighted by molar-refractivity contribution is -0.132. The molecular weight excluding hydrogens is 310 g/mol. The van der Waals surface area contributed by atoms with Gasteiger partial charge in [-0.1, -0.05) is 19.0 Å². The lowest BCUT2D eigenvalue weighted by atomic mass is 9.95. The van der Waals surface area contributed by atoms with Crippen molar-refractivity contribution in [1.29, 1.82) is 0 Å². The zero-order valence-corrected chi connectivity index (χ0v) is 14.8. The molecule has 2 rings (SSSR count). The fraction of sp³-hybridized carbons (Fsp3) is 0.750. The molecular formula is C16H27N5O3. The molecule has 1 aromatic rings. The van der Waals surface area contributed by atoms with Crippen LogP contribution in [0.1, 0.15) is 57.7 Å². The van der Waals surface area contributed by atoms with Gasteiger partial charge in [-0.2, -0.15) is 4.98 Å². The van der Waals surface area contributed by atoms with Gasteiger partial charge in [0.25, 0.3) is 5.91 Å². The average molecular weight is 337 g/mol. The van der Waals surface area contributed by atoms with E-state index >= 15 is 0 Å². The molecule has 0 aliphatic carbocycles. The number of aryl methyl sites for hydroxylation is 1. The molecule has 0 radical (unpaired) electrons. The highest BCUT2D eigenvalue weighted by molar-refractivity contribution is 5.85. The highest BCUT2D eigenvalue weighted by atomic mass is 16.5. The second kappa shape index (κ2) is 8.23. The second-order valence-corrected chi connectivity index (χ2v) is 6.79. The van der Waals surface area contributed by atoms with E-state index in [2.05, 4.69) is 25.9 Å². The Morgan fingerprint density at radius 3 is 2.46 bits per heavy atom. The largest absolute Gasteiger partial charge is 0.340 e. The van der Waals surface area contributed by atoms with Gasteiger partial charge in [-0.3, -0.25) is 25.3 Å². The third-order valence-corrected chi connectivity index (χ3v) is 4.28. The van der Waals surface area contributed by atoms with Gasteiger partial charge >= 0.3 is 0 Å². The normalized spacial score (nSPS) is 17.7. The predicted octanol–water partition coefficient (Wildman–Crippen LogP) is 1.14. The quantitative estimate of drug-likeness (QED) is 0.782. The smallest absolute Gasteiger partial charge is 0.255 e. The van der Waals surface area contributed by atoms with Crippen molar-refractivity contribution in [2.75, 3.05) is 13.1 Å². The lowest BCUT2D eigenvalue weighted by Gasteiger charge is -2.34. The average Bonchev–Trinajstić information content (AvgIpc) is 2.98. The Bertz CT molecular complexity index is 564. The van der Waals surface area contributed by atoms with E-state index in [0.717, 1.165) is 31.8 Å². The molecule has 1 fully saturated rings. The molecule has 2 N–H and O–H groups in total. The SMILES string of the molecule is Cc1nc(C2CCN(C(C)C(=O)NNC(=O)CC(C)C)CC2)no1. The molecule has 1 saturated heterocycles. The minimum absolute atomic E-state index is 0.170. The Morgan fingerprint density at radius 2 is 1.92 bits per heavy atom. The summed E-state index contributed by atoms with van der Waals surface area (Å²) in [6, 6.07) is -0.294. The zero-order chi connectivity index (χ0) is 17.7. The summed E-state index contributed by atoms with van der Waals surface area (Å²) in [5.41, 5.74) is 4.98. The monoisotopic (exact) mass is 337 g/mol. The third kappa shape index (κ3) is 5.02. The molecule has 1 unspecified atom stereocenters. The van der Waals surface area contributed by atoms with Gasteiger partial charge in [-0.25, -0.2) is 0 Å². The van der Waals surface area contributed by atoms with Gasteiger partial charge in [0.15, 0.2) is 5.82 Å². The van der Waals surface area contributed by atoms with Crippen LogP contribution in [0.25, 0.3) is 0 Å². The summed E-state index contributed by atoms with van der Waals surface area (Å²) in [5, 5.41) is 3.99. The van der Waals surface area contributed by atoms with Crippen LogP contribution in [0.2, 0.25) is 0 Å². The molecule has 134 valence electrons. The molecule has 24 heavy (non-hydrogen) atoms. The molecule has 2 heterocycles. The Kier molecular flexibility index (Phi) is 6.30. The Hall–Kier alpha value is -1.96. The van der Waals surface area contributed by atoms with Crippen LogP contribution in [0, 0.1) is 12.8 Å². The summed E-state index contributed by atoms with van der Waals surface area (Å²) in [5.74, 6) is 1.51. The maximum atomic E-state index is 12.2. The number of aromatic nitrogens is 2. The highest BCUT2D eigenvalue weighted by Crippen LogP contribution is 2.26. The molecule has 1 aliphatic rings. The van der Waals surface area contributed by atoms with Crippen LogP contribution in [-0.4, -0.2) is 46.0 Å². The van der Waals surface area contributed by atoms with Crippen LogP contribution in [0.3, 0.4) is 0 Å². The van der Waals surface area contributed by atoms with Crippen molar-refractivity contribution in [2.24, 2.45) is 5.92 Å². The highest BCUT2D eigenvalue weighted by Gasteiger charge is 2.29. The third-order valence-electron chi connectivity index (χ3n) is 4.28. The second-order valence-electron chi connectivity index (χ2n) is 6.79. The van der Waals surface area contributed by atoms with Crippen molar-refractivity contribution in [2.45, 2.75) is 58.9 Å². The van der Waals surface area contributed by atoms with Crippen LogP contribution < -0.4 is 10.9 Å². The van der Waals surface area contributed by atoms with Crippen molar-refractivity contribution in [3.63, 3.8) is 0 Å². The van der Waals surface area contributed by atoms with E-state index in [1.165, 1.54) is 0 Å². The van der Waals surface area contributed by atoms with Crippen molar-refractivity contribution in [1.82, 2.24) is 25.9 Å². The van der Waals surface area contributed by atoms with Crippen molar-refractivity contribution in [3.05, 3.63) is 11.7 Å². The number of nitrogens with zero attached hydrogens (tertiary/aromatic N) is 3. The van der Waals surface area contributed by atoms with Crippen LogP contribution in [-0.2, 0) is 9.59 Å². The van der Waals surface area contributed by atoms with E-state index in [9.17, 15) is 9.59 Å². The number of carbonyl (C=O) groups excluding carboxylic acids is 2. The molecule has 0 aromatic carbocycles. The Balaban J connectivity index is 1.76. The van der Waals surface area contributed by atoms with E-state index in [0.29, 0.717) is 12.3 Å². The first kappa shape index (κ1) is 18.4. The van der Waals surface area contributed by atoms with Crippen molar-refractivity contribution < 1.29 is 14.1 Å². The first-order valence-corrected chi connectivity index (χ1v) is 8.49. The number of hydrogen-bond acceptors (Lipinski definition) is 6. The van der Waals surface area contributed by atoms with Gasteiger partial charge in [0, 0.05) is 19.3 Å². The van der Waals surface area contributed by atoms with Crippen molar-refractivity contribution in [3.8, 4) is 0 Å². The predicted molar refractivity (Wildman–Crippen MR) is 87.8 cm³/mol. The fourth-order valence-corrected chi connectivity index (χ4v) is 2.85. The minimum Gasteiger partial charge on any atom is -0.340 e. The number of nitrogens with one attached hydrogen (secondary N) is 2. The molecule has 1 atom stereocenters. The van der Waals surface area contributed by atoms with E-state index < -0.39 is 0 Å². The van der Waals surface area contributed by atoms with Gasteiger partial charge < -0.3 is 4.52 Å².